The predicted octanol–water partition coefficient (Wildman–Crippen LogP) is 3.41. The zero-order valence-corrected chi connectivity index (χ0v) is 13.9. The number of rotatable bonds is 3. The molecule has 2 rings (SSSR count). The number of methoxy groups -OCH3 is 1. The van der Waals surface area contributed by atoms with Crippen LogP contribution in [0.1, 0.15) is 17.3 Å². The topological polar surface area (TPSA) is 68.4 Å². The largest absolute Gasteiger partial charge is 0.466 e. The maximum Gasteiger partial charge on any atom is 0.346 e. The molecule has 0 spiro atoms. The number of carbonyl (C=O) groups is 2. The number of aromatic amines is 1. The Labute approximate surface area is 131 Å². The van der Waals surface area contributed by atoms with Crippen LogP contribution >= 0.6 is 31.9 Å². The monoisotopic (exact) mass is 403 g/mol. The van der Waals surface area contributed by atoms with Gasteiger partial charge in [-0.25, -0.2) is 9.59 Å². The number of fused-ring (bicyclic) bond motifs is 1. The zero-order valence-electron chi connectivity index (χ0n) is 10.7. The summed E-state index contributed by atoms with van der Waals surface area (Å²) in [5.41, 5.74) is 1.15. The smallest absolute Gasteiger partial charge is 0.346 e. The maximum absolute atomic E-state index is 12.1. The van der Waals surface area contributed by atoms with E-state index in [1.165, 1.54) is 14.0 Å². The highest BCUT2D eigenvalue weighted by Gasteiger charge is 2.21. The molecule has 0 amide bonds. The van der Waals surface area contributed by atoms with Gasteiger partial charge in [0.1, 0.15) is 0 Å². The van der Waals surface area contributed by atoms with Gasteiger partial charge in [-0.3, -0.25) is 0 Å². The molecule has 1 atom stereocenters. The second-order valence-electron chi connectivity index (χ2n) is 4.08. The summed E-state index contributed by atoms with van der Waals surface area (Å²) in [6.07, 6.45) is 0.604. The Morgan fingerprint density at radius 2 is 1.90 bits per heavy atom. The van der Waals surface area contributed by atoms with E-state index < -0.39 is 18.0 Å². The summed E-state index contributed by atoms with van der Waals surface area (Å²) in [7, 11) is 1.24. The van der Waals surface area contributed by atoms with Crippen LogP contribution in [0.15, 0.2) is 27.3 Å². The fraction of sp³-hybridized carbons (Fsp3) is 0.231. The van der Waals surface area contributed by atoms with Gasteiger partial charge < -0.3 is 14.5 Å². The zero-order chi connectivity index (χ0) is 14.9. The number of halogens is 2. The summed E-state index contributed by atoms with van der Waals surface area (Å²) < 4.78 is 11.3. The SMILES string of the molecule is COC(=O)C(C)OC(=O)c1c[nH]c2cc(Br)c(Br)cc12. The van der Waals surface area contributed by atoms with Gasteiger partial charge in [-0.05, 0) is 50.9 Å². The molecule has 0 aliphatic heterocycles. The molecule has 1 unspecified atom stereocenters. The molecule has 0 bridgehead atoms. The minimum absolute atomic E-state index is 0.365. The van der Waals surface area contributed by atoms with E-state index >= 15 is 0 Å². The molecule has 1 N–H and O–H groups in total. The van der Waals surface area contributed by atoms with Gasteiger partial charge in [0.25, 0.3) is 0 Å². The lowest BCUT2D eigenvalue weighted by molar-refractivity contribution is -0.149. The summed E-state index contributed by atoms with van der Waals surface area (Å²) in [5.74, 6) is -1.18. The van der Waals surface area contributed by atoms with Crippen LogP contribution in [-0.4, -0.2) is 30.1 Å². The van der Waals surface area contributed by atoms with E-state index in [2.05, 4.69) is 41.6 Å². The van der Waals surface area contributed by atoms with Crippen LogP contribution in [-0.2, 0) is 14.3 Å². The second-order valence-corrected chi connectivity index (χ2v) is 5.79. The number of hydrogen-bond acceptors (Lipinski definition) is 4. The van der Waals surface area contributed by atoms with Gasteiger partial charge in [-0.15, -0.1) is 0 Å². The first-order valence-electron chi connectivity index (χ1n) is 5.69. The third-order valence-corrected chi connectivity index (χ3v) is 4.60. The predicted molar refractivity (Wildman–Crippen MR) is 80.6 cm³/mol. The van der Waals surface area contributed by atoms with Crippen molar-refractivity contribution in [2.24, 2.45) is 0 Å². The molecule has 1 aromatic carbocycles. The van der Waals surface area contributed by atoms with Crippen molar-refractivity contribution in [2.45, 2.75) is 13.0 Å². The van der Waals surface area contributed by atoms with E-state index in [0.717, 1.165) is 14.5 Å². The van der Waals surface area contributed by atoms with Gasteiger partial charge in [0.2, 0.25) is 0 Å². The number of ether oxygens (including phenoxy) is 2. The molecule has 106 valence electrons. The maximum atomic E-state index is 12.1. The lowest BCUT2D eigenvalue weighted by Gasteiger charge is -2.10. The van der Waals surface area contributed by atoms with E-state index in [1.54, 1.807) is 12.3 Å². The van der Waals surface area contributed by atoms with E-state index in [-0.39, 0.29) is 0 Å². The van der Waals surface area contributed by atoms with Gasteiger partial charge in [-0.1, -0.05) is 0 Å². The highest BCUT2D eigenvalue weighted by Crippen LogP contribution is 2.30. The number of benzene rings is 1. The lowest BCUT2D eigenvalue weighted by atomic mass is 10.2. The molecule has 7 heteroatoms. The average Bonchev–Trinajstić information content (AvgIpc) is 2.81. The highest BCUT2D eigenvalue weighted by molar-refractivity contribution is 9.13. The van der Waals surface area contributed by atoms with Gasteiger partial charge in [0.05, 0.1) is 12.7 Å². The molecule has 0 fully saturated rings. The summed E-state index contributed by atoms with van der Waals surface area (Å²) in [6, 6.07) is 3.65. The van der Waals surface area contributed by atoms with Crippen molar-refractivity contribution in [3.05, 3.63) is 32.8 Å². The number of carbonyl (C=O) groups excluding carboxylic acids is 2. The van der Waals surface area contributed by atoms with Crippen molar-refractivity contribution in [3.63, 3.8) is 0 Å². The normalized spacial score (nSPS) is 12.2. The molecule has 1 aromatic heterocycles. The van der Waals surface area contributed by atoms with Crippen LogP contribution < -0.4 is 0 Å². The van der Waals surface area contributed by atoms with Crippen LogP contribution in [0.25, 0.3) is 10.9 Å². The standard InChI is InChI=1S/C13H11Br2NO4/c1-6(12(17)19-2)20-13(18)8-5-16-11-4-10(15)9(14)3-7(8)11/h3-6,16H,1-2H3. The van der Waals surface area contributed by atoms with Crippen LogP contribution in [0.4, 0.5) is 0 Å². The number of hydrogen-bond donors (Lipinski definition) is 1. The molecule has 0 saturated carbocycles. The Hall–Kier alpha value is -1.34. The van der Waals surface area contributed by atoms with Crippen molar-refractivity contribution >= 4 is 54.7 Å². The van der Waals surface area contributed by atoms with Crippen LogP contribution in [0.3, 0.4) is 0 Å². The van der Waals surface area contributed by atoms with Gasteiger partial charge in [-0.2, -0.15) is 0 Å². The molecule has 20 heavy (non-hydrogen) atoms. The minimum Gasteiger partial charge on any atom is -0.466 e. The van der Waals surface area contributed by atoms with Gasteiger partial charge >= 0.3 is 11.9 Å². The average molecular weight is 405 g/mol. The third-order valence-electron chi connectivity index (χ3n) is 2.76. The van der Waals surface area contributed by atoms with E-state index in [9.17, 15) is 9.59 Å². The highest BCUT2D eigenvalue weighted by atomic mass is 79.9. The molecule has 2 aromatic rings. The van der Waals surface area contributed by atoms with Crippen molar-refractivity contribution in [2.75, 3.05) is 7.11 Å². The summed E-state index contributed by atoms with van der Waals surface area (Å²) in [6.45, 7) is 1.46. The summed E-state index contributed by atoms with van der Waals surface area (Å²) >= 11 is 6.77. The Morgan fingerprint density at radius 1 is 1.25 bits per heavy atom. The number of esters is 2. The number of aromatic nitrogens is 1. The molecule has 5 nitrogen and oxygen atoms in total. The second kappa shape index (κ2) is 5.97. The van der Waals surface area contributed by atoms with E-state index in [1.807, 2.05) is 6.07 Å². The van der Waals surface area contributed by atoms with E-state index in [4.69, 9.17) is 4.74 Å². The Bertz CT molecular complexity index is 680. The van der Waals surface area contributed by atoms with Crippen molar-refractivity contribution in [1.82, 2.24) is 4.98 Å². The molecular weight excluding hydrogens is 394 g/mol. The third kappa shape index (κ3) is 2.88. The molecular formula is C13H11Br2NO4. The number of nitrogens with one attached hydrogen (secondary N) is 1. The van der Waals surface area contributed by atoms with Crippen molar-refractivity contribution < 1.29 is 19.1 Å². The van der Waals surface area contributed by atoms with Crippen LogP contribution in [0.2, 0.25) is 0 Å². The Morgan fingerprint density at radius 3 is 2.55 bits per heavy atom. The first kappa shape index (κ1) is 15.1. The summed E-state index contributed by atoms with van der Waals surface area (Å²) in [4.78, 5) is 26.3. The number of H-pyrrole nitrogens is 1. The van der Waals surface area contributed by atoms with Crippen molar-refractivity contribution in [3.8, 4) is 0 Å². The van der Waals surface area contributed by atoms with Crippen molar-refractivity contribution in [1.29, 1.82) is 0 Å². The Balaban J connectivity index is 2.31. The quantitative estimate of drug-likeness (QED) is 0.796. The van der Waals surface area contributed by atoms with Crippen LogP contribution in [0.5, 0.6) is 0 Å². The van der Waals surface area contributed by atoms with Crippen LogP contribution in [0, 0.1) is 0 Å². The molecule has 0 aliphatic rings. The minimum atomic E-state index is -0.948. The molecule has 1 heterocycles. The molecule has 0 saturated heterocycles. The summed E-state index contributed by atoms with van der Waals surface area (Å²) in [5, 5.41) is 0.710. The fourth-order valence-corrected chi connectivity index (χ4v) is 2.41. The fourth-order valence-electron chi connectivity index (χ4n) is 1.72. The van der Waals surface area contributed by atoms with Gasteiger partial charge in [0, 0.05) is 26.0 Å². The van der Waals surface area contributed by atoms with Gasteiger partial charge in [0.15, 0.2) is 6.10 Å². The lowest BCUT2D eigenvalue weighted by Crippen LogP contribution is -2.25. The molecule has 0 radical (unpaired) electrons. The van der Waals surface area contributed by atoms with E-state index in [0.29, 0.717) is 10.9 Å². The Kier molecular flexibility index (Phi) is 4.49. The first-order chi connectivity index (χ1) is 9.43. The first-order valence-corrected chi connectivity index (χ1v) is 7.27. The molecule has 0 aliphatic carbocycles.